The van der Waals surface area contributed by atoms with Crippen LogP contribution in [0.5, 0.6) is 0 Å². The van der Waals surface area contributed by atoms with E-state index in [0.717, 1.165) is 12.8 Å². The standard InChI is InChI=1S/C12H20N2O4/c1-8-9(5-7-18-8)13(2)12(17)14-6-3-4-10(14)11(15)16/h8-10H,3-7H2,1-2H3,(H,15,16)/t8?,9?,10-/m0/s1. The van der Waals surface area contributed by atoms with Crippen molar-refractivity contribution in [3.05, 3.63) is 0 Å². The number of likely N-dealkylation sites (N-methyl/N-ethyl adjacent to an activating group) is 1. The number of carbonyl (C=O) groups excluding carboxylic acids is 1. The molecule has 2 rings (SSSR count). The van der Waals surface area contributed by atoms with Crippen LogP contribution in [0.15, 0.2) is 0 Å². The molecular formula is C12H20N2O4. The number of nitrogens with zero attached hydrogens (tertiary/aromatic N) is 2. The second-order valence-electron chi connectivity index (χ2n) is 5.02. The lowest BCUT2D eigenvalue weighted by atomic mass is 10.1. The van der Waals surface area contributed by atoms with E-state index in [1.807, 2.05) is 6.92 Å². The second kappa shape index (κ2) is 5.14. The Hall–Kier alpha value is -1.30. The van der Waals surface area contributed by atoms with Crippen LogP contribution in [0.25, 0.3) is 0 Å². The van der Waals surface area contributed by atoms with Crippen molar-refractivity contribution >= 4 is 12.0 Å². The highest BCUT2D eigenvalue weighted by Crippen LogP contribution is 2.23. The molecule has 2 amide bonds. The van der Waals surface area contributed by atoms with E-state index in [1.54, 1.807) is 11.9 Å². The first-order valence-electron chi connectivity index (χ1n) is 6.40. The van der Waals surface area contributed by atoms with E-state index in [4.69, 9.17) is 9.84 Å². The molecular weight excluding hydrogens is 236 g/mol. The summed E-state index contributed by atoms with van der Waals surface area (Å²) >= 11 is 0. The molecule has 18 heavy (non-hydrogen) atoms. The molecule has 0 spiro atoms. The van der Waals surface area contributed by atoms with Gasteiger partial charge in [-0.2, -0.15) is 0 Å². The number of rotatable bonds is 2. The number of carbonyl (C=O) groups is 2. The maximum atomic E-state index is 12.3. The van der Waals surface area contributed by atoms with Gasteiger partial charge in [0.05, 0.1) is 12.1 Å². The van der Waals surface area contributed by atoms with E-state index in [9.17, 15) is 9.59 Å². The molecule has 6 heteroatoms. The summed E-state index contributed by atoms with van der Waals surface area (Å²) in [5, 5.41) is 9.09. The Balaban J connectivity index is 2.04. The Morgan fingerprint density at radius 1 is 1.39 bits per heavy atom. The molecule has 102 valence electrons. The molecule has 0 aliphatic carbocycles. The summed E-state index contributed by atoms with van der Waals surface area (Å²) in [5.74, 6) is -0.912. The highest BCUT2D eigenvalue weighted by molar-refractivity contribution is 5.83. The number of ether oxygens (including phenoxy) is 1. The number of carboxylic acid groups (broad SMARTS) is 1. The fourth-order valence-corrected chi connectivity index (χ4v) is 2.83. The van der Waals surface area contributed by atoms with Crippen molar-refractivity contribution < 1.29 is 19.4 Å². The van der Waals surface area contributed by atoms with E-state index in [0.29, 0.717) is 19.6 Å². The Bertz CT molecular complexity index is 347. The zero-order valence-electron chi connectivity index (χ0n) is 10.8. The fraction of sp³-hybridized carbons (Fsp3) is 0.833. The van der Waals surface area contributed by atoms with Crippen LogP contribution in [-0.2, 0) is 9.53 Å². The van der Waals surface area contributed by atoms with Gasteiger partial charge in [0.1, 0.15) is 6.04 Å². The monoisotopic (exact) mass is 256 g/mol. The topological polar surface area (TPSA) is 70.1 Å². The van der Waals surface area contributed by atoms with Gasteiger partial charge in [-0.25, -0.2) is 9.59 Å². The number of urea groups is 1. The van der Waals surface area contributed by atoms with Gasteiger partial charge in [-0.3, -0.25) is 0 Å². The molecule has 2 fully saturated rings. The average molecular weight is 256 g/mol. The molecule has 0 radical (unpaired) electrons. The molecule has 2 aliphatic rings. The number of likely N-dealkylation sites (tertiary alicyclic amines) is 1. The number of hydrogen-bond acceptors (Lipinski definition) is 3. The van der Waals surface area contributed by atoms with Crippen molar-refractivity contribution in [2.24, 2.45) is 0 Å². The van der Waals surface area contributed by atoms with Crippen LogP contribution in [0.1, 0.15) is 26.2 Å². The van der Waals surface area contributed by atoms with Gasteiger partial charge in [-0.1, -0.05) is 0 Å². The fourth-order valence-electron chi connectivity index (χ4n) is 2.83. The van der Waals surface area contributed by atoms with E-state index in [-0.39, 0.29) is 18.2 Å². The summed E-state index contributed by atoms with van der Waals surface area (Å²) in [6.45, 7) is 3.13. The van der Waals surface area contributed by atoms with Gasteiger partial charge in [0, 0.05) is 20.2 Å². The molecule has 2 saturated heterocycles. The Kier molecular flexibility index (Phi) is 3.75. The van der Waals surface area contributed by atoms with Gasteiger partial charge in [0.15, 0.2) is 0 Å². The van der Waals surface area contributed by atoms with Gasteiger partial charge in [-0.15, -0.1) is 0 Å². The van der Waals surface area contributed by atoms with Crippen molar-refractivity contribution in [3.63, 3.8) is 0 Å². The lowest BCUT2D eigenvalue weighted by Gasteiger charge is -2.32. The van der Waals surface area contributed by atoms with Gasteiger partial charge < -0.3 is 19.6 Å². The van der Waals surface area contributed by atoms with Gasteiger partial charge in [0.25, 0.3) is 0 Å². The maximum Gasteiger partial charge on any atom is 0.326 e. The summed E-state index contributed by atoms with van der Waals surface area (Å²) in [6.07, 6.45) is 2.14. The normalized spacial score (nSPS) is 31.7. The van der Waals surface area contributed by atoms with Crippen LogP contribution in [0.2, 0.25) is 0 Å². The van der Waals surface area contributed by atoms with Crippen molar-refractivity contribution in [2.45, 2.75) is 44.4 Å². The lowest BCUT2D eigenvalue weighted by molar-refractivity contribution is -0.141. The van der Waals surface area contributed by atoms with E-state index >= 15 is 0 Å². The lowest BCUT2D eigenvalue weighted by Crippen LogP contribution is -2.51. The van der Waals surface area contributed by atoms with Crippen molar-refractivity contribution in [3.8, 4) is 0 Å². The molecule has 0 bridgehead atoms. The van der Waals surface area contributed by atoms with Crippen LogP contribution >= 0.6 is 0 Å². The zero-order chi connectivity index (χ0) is 13.3. The summed E-state index contributed by atoms with van der Waals surface area (Å²) in [7, 11) is 1.73. The third-order valence-electron chi connectivity index (χ3n) is 3.92. The maximum absolute atomic E-state index is 12.3. The van der Waals surface area contributed by atoms with Crippen LogP contribution < -0.4 is 0 Å². The molecule has 0 aromatic rings. The molecule has 0 aromatic heterocycles. The van der Waals surface area contributed by atoms with E-state index in [1.165, 1.54) is 4.90 Å². The first-order chi connectivity index (χ1) is 8.52. The second-order valence-corrected chi connectivity index (χ2v) is 5.02. The van der Waals surface area contributed by atoms with Crippen molar-refractivity contribution in [1.29, 1.82) is 0 Å². The summed E-state index contributed by atoms with van der Waals surface area (Å²) in [6, 6.07) is -0.813. The first-order valence-corrected chi connectivity index (χ1v) is 6.40. The Morgan fingerprint density at radius 3 is 2.67 bits per heavy atom. The largest absolute Gasteiger partial charge is 0.480 e. The molecule has 2 aliphatic heterocycles. The van der Waals surface area contributed by atoms with Gasteiger partial charge in [0.2, 0.25) is 0 Å². The van der Waals surface area contributed by atoms with Crippen LogP contribution in [0.4, 0.5) is 4.79 Å². The highest BCUT2D eigenvalue weighted by Gasteiger charge is 2.39. The first kappa shape index (κ1) is 13.1. The minimum atomic E-state index is -0.912. The molecule has 0 aromatic carbocycles. The van der Waals surface area contributed by atoms with Crippen LogP contribution in [-0.4, -0.2) is 65.3 Å². The SMILES string of the molecule is CC1OCCC1N(C)C(=O)N1CCC[C@H]1C(=O)O. The number of carboxylic acids is 1. The summed E-state index contributed by atoms with van der Waals surface area (Å²) in [5.41, 5.74) is 0. The molecule has 6 nitrogen and oxygen atoms in total. The van der Waals surface area contributed by atoms with Crippen LogP contribution in [0, 0.1) is 0 Å². The van der Waals surface area contributed by atoms with Crippen LogP contribution in [0.3, 0.4) is 0 Å². The predicted octanol–water partition coefficient (Wildman–Crippen LogP) is 0.765. The van der Waals surface area contributed by atoms with Gasteiger partial charge >= 0.3 is 12.0 Å². The Morgan fingerprint density at radius 2 is 2.11 bits per heavy atom. The highest BCUT2D eigenvalue weighted by atomic mass is 16.5. The van der Waals surface area contributed by atoms with Crippen molar-refractivity contribution in [2.75, 3.05) is 20.2 Å². The smallest absolute Gasteiger partial charge is 0.326 e. The number of aliphatic carboxylic acids is 1. The van der Waals surface area contributed by atoms with Crippen molar-refractivity contribution in [1.82, 2.24) is 9.80 Å². The summed E-state index contributed by atoms with van der Waals surface area (Å²) in [4.78, 5) is 26.5. The van der Waals surface area contributed by atoms with E-state index < -0.39 is 12.0 Å². The molecule has 0 saturated carbocycles. The molecule has 1 N–H and O–H groups in total. The Labute approximate surface area is 106 Å². The molecule has 2 heterocycles. The molecule has 2 unspecified atom stereocenters. The third kappa shape index (κ3) is 2.29. The quantitative estimate of drug-likeness (QED) is 0.792. The van der Waals surface area contributed by atoms with E-state index in [2.05, 4.69) is 0 Å². The average Bonchev–Trinajstić information content (AvgIpc) is 2.95. The predicted molar refractivity (Wildman–Crippen MR) is 64.3 cm³/mol. The minimum absolute atomic E-state index is 0.0184. The van der Waals surface area contributed by atoms with Gasteiger partial charge in [-0.05, 0) is 26.2 Å². The number of amides is 2. The minimum Gasteiger partial charge on any atom is -0.480 e. The summed E-state index contributed by atoms with van der Waals surface area (Å²) < 4.78 is 5.44. The zero-order valence-corrected chi connectivity index (χ0v) is 10.8. The number of hydrogen-bond donors (Lipinski definition) is 1. The third-order valence-corrected chi connectivity index (χ3v) is 3.92. The molecule has 3 atom stereocenters.